The first-order valence-electron chi connectivity index (χ1n) is 30.7. The Hall–Kier alpha value is -1.39. The first-order chi connectivity index (χ1) is 33.2. The zero-order valence-corrected chi connectivity index (χ0v) is 45.7. The molecule has 0 aromatic heterocycles. The van der Waals surface area contributed by atoms with E-state index in [0.717, 1.165) is 32.1 Å². The molecule has 0 saturated heterocycles. The van der Waals surface area contributed by atoms with Crippen molar-refractivity contribution >= 4 is 5.91 Å². The molecular formula is C63H121NO3. The Morgan fingerprint density at radius 1 is 0.358 bits per heavy atom. The second kappa shape index (κ2) is 58.9. The van der Waals surface area contributed by atoms with E-state index in [-0.39, 0.29) is 12.5 Å². The van der Waals surface area contributed by atoms with Gasteiger partial charge in [-0.25, -0.2) is 0 Å². The average Bonchev–Trinajstić information content (AvgIpc) is 3.33. The van der Waals surface area contributed by atoms with Crippen LogP contribution in [0.5, 0.6) is 0 Å². The molecule has 0 aromatic carbocycles. The number of aliphatic hydroxyl groups is 2. The molecule has 0 heterocycles. The van der Waals surface area contributed by atoms with Crippen LogP contribution < -0.4 is 5.32 Å². The maximum atomic E-state index is 12.5. The van der Waals surface area contributed by atoms with Crippen molar-refractivity contribution in [2.24, 2.45) is 0 Å². The summed E-state index contributed by atoms with van der Waals surface area (Å²) in [7, 11) is 0. The molecular weight excluding hydrogens is 819 g/mol. The number of nitrogens with one attached hydrogen (secondary N) is 1. The summed E-state index contributed by atoms with van der Waals surface area (Å²) in [6, 6.07) is -0.621. The molecule has 0 aliphatic rings. The highest BCUT2D eigenvalue weighted by molar-refractivity contribution is 5.76. The lowest BCUT2D eigenvalue weighted by Gasteiger charge is -2.20. The van der Waals surface area contributed by atoms with Crippen LogP contribution in [0.3, 0.4) is 0 Å². The molecule has 4 nitrogen and oxygen atoms in total. The SMILES string of the molecule is CCCCCCCCCCCCCCCC/C=C/C(O)C(CO)NC(=O)CCCCCCCCCCCCCCCCCCC/C=C\C/C=C\CCCCCCCCCCCCCCCCC. The fourth-order valence-electron chi connectivity index (χ4n) is 9.68. The van der Waals surface area contributed by atoms with Crippen LogP contribution in [-0.2, 0) is 4.79 Å². The van der Waals surface area contributed by atoms with Gasteiger partial charge in [-0.1, -0.05) is 320 Å². The number of hydrogen-bond acceptors (Lipinski definition) is 3. The molecule has 0 bridgehead atoms. The van der Waals surface area contributed by atoms with Crippen molar-refractivity contribution in [1.82, 2.24) is 5.32 Å². The second-order valence-electron chi connectivity index (χ2n) is 21.1. The Labute approximate surface area is 421 Å². The number of carbonyl (C=O) groups is 1. The van der Waals surface area contributed by atoms with Crippen molar-refractivity contribution in [1.29, 1.82) is 0 Å². The molecule has 0 fully saturated rings. The van der Waals surface area contributed by atoms with Crippen LogP contribution in [0.2, 0.25) is 0 Å². The van der Waals surface area contributed by atoms with Crippen LogP contribution in [0.1, 0.15) is 341 Å². The van der Waals surface area contributed by atoms with Crippen molar-refractivity contribution in [2.75, 3.05) is 6.61 Å². The van der Waals surface area contributed by atoms with Gasteiger partial charge >= 0.3 is 0 Å². The van der Waals surface area contributed by atoms with Gasteiger partial charge in [-0.05, 0) is 51.4 Å². The maximum absolute atomic E-state index is 12.5. The minimum Gasteiger partial charge on any atom is -0.394 e. The van der Waals surface area contributed by atoms with Crippen molar-refractivity contribution in [3.05, 3.63) is 36.5 Å². The number of hydrogen-bond donors (Lipinski definition) is 3. The highest BCUT2D eigenvalue weighted by atomic mass is 16.3. The van der Waals surface area contributed by atoms with E-state index in [0.29, 0.717) is 6.42 Å². The van der Waals surface area contributed by atoms with Gasteiger partial charge in [-0.15, -0.1) is 0 Å². The third-order valence-corrected chi connectivity index (χ3v) is 14.4. The first-order valence-corrected chi connectivity index (χ1v) is 30.7. The Kier molecular flexibility index (Phi) is 57.7. The lowest BCUT2D eigenvalue weighted by atomic mass is 10.0. The number of carbonyl (C=O) groups excluding carboxylic acids is 1. The number of unbranched alkanes of at least 4 members (excludes halogenated alkanes) is 46. The summed E-state index contributed by atoms with van der Waals surface area (Å²) in [5.74, 6) is -0.0594. The Bertz CT molecular complexity index is 1020. The highest BCUT2D eigenvalue weighted by Crippen LogP contribution is 2.18. The molecule has 0 spiro atoms. The van der Waals surface area contributed by atoms with Crippen molar-refractivity contribution in [2.45, 2.75) is 353 Å². The third kappa shape index (κ3) is 55.4. The predicted octanol–water partition coefficient (Wildman–Crippen LogP) is 20.4. The molecule has 2 unspecified atom stereocenters. The van der Waals surface area contributed by atoms with Crippen molar-refractivity contribution < 1.29 is 15.0 Å². The van der Waals surface area contributed by atoms with Crippen LogP contribution in [0.4, 0.5) is 0 Å². The fourth-order valence-corrected chi connectivity index (χ4v) is 9.68. The van der Waals surface area contributed by atoms with Gasteiger partial charge in [0, 0.05) is 6.42 Å². The van der Waals surface area contributed by atoms with Gasteiger partial charge in [-0.3, -0.25) is 4.79 Å². The Morgan fingerprint density at radius 2 is 0.612 bits per heavy atom. The maximum Gasteiger partial charge on any atom is 0.220 e. The smallest absolute Gasteiger partial charge is 0.220 e. The number of allylic oxidation sites excluding steroid dienone is 5. The van der Waals surface area contributed by atoms with E-state index in [1.165, 1.54) is 289 Å². The minimum absolute atomic E-state index is 0.0594. The molecule has 0 rings (SSSR count). The normalized spacial score (nSPS) is 13.0. The predicted molar refractivity (Wildman–Crippen MR) is 299 cm³/mol. The quantitative estimate of drug-likeness (QED) is 0.0420. The van der Waals surface area contributed by atoms with Crippen LogP contribution in [0.25, 0.3) is 0 Å². The summed E-state index contributed by atoms with van der Waals surface area (Å²) in [6.45, 7) is 4.34. The van der Waals surface area contributed by atoms with Gasteiger partial charge in [0.25, 0.3) is 0 Å². The zero-order chi connectivity index (χ0) is 48.5. The lowest BCUT2D eigenvalue weighted by molar-refractivity contribution is -0.123. The molecule has 3 N–H and O–H groups in total. The molecule has 396 valence electrons. The number of amides is 1. The largest absolute Gasteiger partial charge is 0.394 e. The van der Waals surface area contributed by atoms with Gasteiger partial charge in [0.1, 0.15) is 0 Å². The highest BCUT2D eigenvalue weighted by Gasteiger charge is 2.18. The van der Waals surface area contributed by atoms with Crippen molar-refractivity contribution in [3.63, 3.8) is 0 Å². The summed E-state index contributed by atoms with van der Waals surface area (Å²) in [5.41, 5.74) is 0. The minimum atomic E-state index is -0.838. The molecule has 1 amide bonds. The van der Waals surface area contributed by atoms with Gasteiger partial charge in [-0.2, -0.15) is 0 Å². The summed E-state index contributed by atoms with van der Waals surface area (Å²) in [4.78, 5) is 12.5. The summed E-state index contributed by atoms with van der Waals surface area (Å²) in [6.07, 6.45) is 80.6. The van der Waals surface area contributed by atoms with Gasteiger partial charge in [0.05, 0.1) is 18.8 Å². The number of aliphatic hydroxyl groups excluding tert-OH is 2. The fraction of sp³-hybridized carbons (Fsp3) is 0.889. The lowest BCUT2D eigenvalue weighted by Crippen LogP contribution is -2.45. The molecule has 0 aliphatic heterocycles. The van der Waals surface area contributed by atoms with Gasteiger partial charge < -0.3 is 15.5 Å². The molecule has 67 heavy (non-hydrogen) atoms. The van der Waals surface area contributed by atoms with E-state index in [1.54, 1.807) is 6.08 Å². The van der Waals surface area contributed by atoms with E-state index in [4.69, 9.17) is 0 Å². The van der Waals surface area contributed by atoms with E-state index >= 15 is 0 Å². The van der Waals surface area contributed by atoms with Crippen molar-refractivity contribution in [3.8, 4) is 0 Å². The van der Waals surface area contributed by atoms with Crippen LogP contribution in [0, 0.1) is 0 Å². The van der Waals surface area contributed by atoms with Gasteiger partial charge in [0.15, 0.2) is 0 Å². The monoisotopic (exact) mass is 940 g/mol. The Balaban J connectivity index is 3.41. The van der Waals surface area contributed by atoms with E-state index < -0.39 is 12.1 Å². The van der Waals surface area contributed by atoms with Gasteiger partial charge in [0.2, 0.25) is 5.91 Å². The Morgan fingerprint density at radius 3 is 0.896 bits per heavy atom. The summed E-state index contributed by atoms with van der Waals surface area (Å²) in [5, 5.41) is 23.1. The molecule has 0 aliphatic carbocycles. The molecule has 2 atom stereocenters. The first kappa shape index (κ1) is 65.6. The standard InChI is InChI=1S/C63H121NO3/c1-3-5-7-9-11-13-15-17-19-21-22-23-24-25-26-27-28-29-30-31-32-33-34-35-36-37-38-39-40-41-42-43-45-47-49-51-53-55-57-59-63(67)64-61(60-65)62(66)58-56-54-52-50-48-46-44-20-18-16-14-12-10-8-6-4-2/h28-29,31-32,56,58,61-62,65-66H,3-27,30,33-55,57,59-60H2,1-2H3,(H,64,67)/b29-28-,32-31-,58-56+. The topological polar surface area (TPSA) is 69.6 Å². The third-order valence-electron chi connectivity index (χ3n) is 14.4. The van der Waals surface area contributed by atoms with E-state index in [1.807, 2.05) is 6.08 Å². The van der Waals surface area contributed by atoms with E-state index in [2.05, 4.69) is 43.5 Å². The second-order valence-corrected chi connectivity index (χ2v) is 21.1. The molecule has 4 heteroatoms. The number of rotatable bonds is 57. The zero-order valence-electron chi connectivity index (χ0n) is 45.7. The van der Waals surface area contributed by atoms with E-state index in [9.17, 15) is 15.0 Å². The molecule has 0 aromatic rings. The van der Waals surface area contributed by atoms with Crippen LogP contribution >= 0.6 is 0 Å². The average molecular weight is 941 g/mol. The van der Waals surface area contributed by atoms with Crippen LogP contribution in [-0.4, -0.2) is 34.9 Å². The molecule has 0 saturated carbocycles. The summed E-state index contributed by atoms with van der Waals surface area (Å²) < 4.78 is 0. The molecule has 0 radical (unpaired) electrons. The van der Waals surface area contributed by atoms with Crippen LogP contribution in [0.15, 0.2) is 36.5 Å². The summed E-state index contributed by atoms with van der Waals surface area (Å²) >= 11 is 0.